The SMILES string of the molecule is CC(C)N1CCN(c2ccc(/C=C/C(=O)O)cc2F)CC1. The van der Waals surface area contributed by atoms with Gasteiger partial charge in [-0.25, -0.2) is 9.18 Å². The Kier molecular flexibility index (Phi) is 4.96. The van der Waals surface area contributed by atoms with Crippen molar-refractivity contribution in [1.29, 1.82) is 0 Å². The smallest absolute Gasteiger partial charge is 0.328 e. The Morgan fingerprint density at radius 2 is 1.95 bits per heavy atom. The zero-order valence-corrected chi connectivity index (χ0v) is 12.4. The van der Waals surface area contributed by atoms with E-state index in [0.29, 0.717) is 17.3 Å². The summed E-state index contributed by atoms with van der Waals surface area (Å²) >= 11 is 0. The normalized spacial score (nSPS) is 16.9. The molecule has 1 aromatic rings. The van der Waals surface area contributed by atoms with E-state index in [4.69, 9.17) is 5.11 Å². The number of piperazine rings is 1. The molecule has 114 valence electrons. The van der Waals surface area contributed by atoms with Gasteiger partial charge in [-0.2, -0.15) is 0 Å². The van der Waals surface area contributed by atoms with Crippen LogP contribution in [0.1, 0.15) is 19.4 Å². The Labute approximate surface area is 124 Å². The largest absolute Gasteiger partial charge is 0.478 e. The maximum Gasteiger partial charge on any atom is 0.328 e. The summed E-state index contributed by atoms with van der Waals surface area (Å²) in [7, 11) is 0. The number of anilines is 1. The summed E-state index contributed by atoms with van der Waals surface area (Å²) in [5.41, 5.74) is 1.14. The summed E-state index contributed by atoms with van der Waals surface area (Å²) in [6.07, 6.45) is 2.40. The van der Waals surface area contributed by atoms with E-state index < -0.39 is 5.97 Å². The van der Waals surface area contributed by atoms with Gasteiger partial charge in [0.2, 0.25) is 0 Å². The van der Waals surface area contributed by atoms with Gasteiger partial charge in [-0.05, 0) is 37.6 Å². The second-order valence-corrected chi connectivity index (χ2v) is 5.50. The molecule has 5 heteroatoms. The third-order valence-corrected chi connectivity index (χ3v) is 3.78. The first-order valence-corrected chi connectivity index (χ1v) is 7.17. The molecule has 1 aromatic carbocycles. The van der Waals surface area contributed by atoms with E-state index in [1.807, 2.05) is 4.90 Å². The van der Waals surface area contributed by atoms with E-state index in [1.54, 1.807) is 12.1 Å². The zero-order chi connectivity index (χ0) is 15.4. The predicted octanol–water partition coefficient (Wildman–Crippen LogP) is 2.45. The average molecular weight is 292 g/mol. The average Bonchev–Trinajstić information content (AvgIpc) is 2.45. The lowest BCUT2D eigenvalue weighted by atomic mass is 10.1. The lowest BCUT2D eigenvalue weighted by Gasteiger charge is -2.38. The van der Waals surface area contributed by atoms with Crippen molar-refractivity contribution < 1.29 is 14.3 Å². The minimum atomic E-state index is -1.04. The van der Waals surface area contributed by atoms with Crippen LogP contribution in [0.4, 0.5) is 10.1 Å². The minimum Gasteiger partial charge on any atom is -0.478 e. The summed E-state index contributed by atoms with van der Waals surface area (Å²) in [6.45, 7) is 7.80. The van der Waals surface area contributed by atoms with Gasteiger partial charge in [-0.1, -0.05) is 6.07 Å². The third-order valence-electron chi connectivity index (χ3n) is 3.78. The van der Waals surface area contributed by atoms with Gasteiger partial charge in [0, 0.05) is 38.3 Å². The van der Waals surface area contributed by atoms with Gasteiger partial charge in [-0.15, -0.1) is 0 Å². The van der Waals surface area contributed by atoms with Crippen LogP contribution in [0, 0.1) is 5.82 Å². The van der Waals surface area contributed by atoms with E-state index in [0.717, 1.165) is 32.3 Å². The number of carboxylic acids is 1. The van der Waals surface area contributed by atoms with Gasteiger partial charge in [0.15, 0.2) is 0 Å². The van der Waals surface area contributed by atoms with Gasteiger partial charge in [0.05, 0.1) is 5.69 Å². The first-order chi connectivity index (χ1) is 9.97. The summed E-state index contributed by atoms with van der Waals surface area (Å²) in [4.78, 5) is 14.9. The minimum absolute atomic E-state index is 0.305. The molecule has 4 nitrogen and oxygen atoms in total. The number of carbonyl (C=O) groups is 1. The summed E-state index contributed by atoms with van der Waals surface area (Å²) in [6, 6.07) is 5.36. The van der Waals surface area contributed by atoms with E-state index in [2.05, 4.69) is 18.7 Å². The zero-order valence-electron chi connectivity index (χ0n) is 12.4. The van der Waals surface area contributed by atoms with Crippen LogP contribution < -0.4 is 4.90 Å². The van der Waals surface area contributed by atoms with Gasteiger partial charge in [0.25, 0.3) is 0 Å². The van der Waals surface area contributed by atoms with Crippen molar-refractivity contribution in [2.45, 2.75) is 19.9 Å². The first-order valence-electron chi connectivity index (χ1n) is 7.17. The molecule has 0 aliphatic carbocycles. The fraction of sp³-hybridized carbons (Fsp3) is 0.438. The van der Waals surface area contributed by atoms with Gasteiger partial charge >= 0.3 is 5.97 Å². The van der Waals surface area contributed by atoms with Crippen molar-refractivity contribution in [1.82, 2.24) is 4.90 Å². The quantitative estimate of drug-likeness (QED) is 0.866. The monoisotopic (exact) mass is 292 g/mol. The molecule has 0 saturated carbocycles. The fourth-order valence-electron chi connectivity index (χ4n) is 2.53. The molecule has 0 radical (unpaired) electrons. The number of hydrogen-bond acceptors (Lipinski definition) is 3. The Morgan fingerprint density at radius 1 is 1.29 bits per heavy atom. The van der Waals surface area contributed by atoms with Crippen molar-refractivity contribution in [2.75, 3.05) is 31.1 Å². The van der Waals surface area contributed by atoms with E-state index in [1.165, 1.54) is 12.1 Å². The Bertz CT molecular complexity index is 535. The van der Waals surface area contributed by atoms with Crippen LogP contribution in [0.15, 0.2) is 24.3 Å². The van der Waals surface area contributed by atoms with Gasteiger partial charge < -0.3 is 10.0 Å². The van der Waals surface area contributed by atoms with Crippen LogP contribution in [-0.4, -0.2) is 48.2 Å². The second-order valence-electron chi connectivity index (χ2n) is 5.50. The van der Waals surface area contributed by atoms with Crippen molar-refractivity contribution >= 4 is 17.7 Å². The van der Waals surface area contributed by atoms with E-state index >= 15 is 0 Å². The number of nitrogens with zero attached hydrogens (tertiary/aromatic N) is 2. The molecule has 0 spiro atoms. The first kappa shape index (κ1) is 15.5. The van der Waals surface area contributed by atoms with Crippen LogP contribution in [0.5, 0.6) is 0 Å². The van der Waals surface area contributed by atoms with Crippen LogP contribution in [-0.2, 0) is 4.79 Å². The molecule has 0 aromatic heterocycles. The van der Waals surface area contributed by atoms with Crippen molar-refractivity contribution in [3.8, 4) is 0 Å². The summed E-state index contributed by atoms with van der Waals surface area (Å²) < 4.78 is 14.2. The summed E-state index contributed by atoms with van der Waals surface area (Å²) in [5.74, 6) is -1.34. The number of aliphatic carboxylic acids is 1. The topological polar surface area (TPSA) is 43.8 Å². The van der Waals surface area contributed by atoms with Crippen LogP contribution in [0.25, 0.3) is 6.08 Å². The van der Waals surface area contributed by atoms with E-state index in [-0.39, 0.29) is 5.82 Å². The highest BCUT2D eigenvalue weighted by Crippen LogP contribution is 2.23. The molecule has 0 amide bonds. The van der Waals surface area contributed by atoms with Gasteiger partial charge in [0.1, 0.15) is 5.82 Å². The molecule has 2 rings (SSSR count). The molecule has 1 aliphatic rings. The number of benzene rings is 1. The standard InChI is InChI=1S/C16H21FN2O2/c1-12(2)18-7-9-19(10-8-18)15-5-3-13(11-14(15)17)4-6-16(20)21/h3-6,11-12H,7-10H2,1-2H3,(H,20,21)/b6-4+. The van der Waals surface area contributed by atoms with Crippen molar-refractivity contribution in [3.05, 3.63) is 35.7 Å². The summed E-state index contributed by atoms with van der Waals surface area (Å²) in [5, 5.41) is 8.58. The predicted molar refractivity (Wildman–Crippen MR) is 82.0 cm³/mol. The molecule has 1 heterocycles. The van der Waals surface area contributed by atoms with E-state index in [9.17, 15) is 9.18 Å². The fourth-order valence-corrected chi connectivity index (χ4v) is 2.53. The third kappa shape index (κ3) is 4.04. The molecule has 1 N–H and O–H groups in total. The van der Waals surface area contributed by atoms with Crippen molar-refractivity contribution in [3.63, 3.8) is 0 Å². The van der Waals surface area contributed by atoms with Crippen LogP contribution in [0.3, 0.4) is 0 Å². The molecule has 0 atom stereocenters. The Hall–Kier alpha value is -1.88. The Balaban J connectivity index is 2.06. The highest BCUT2D eigenvalue weighted by molar-refractivity contribution is 5.85. The molecular weight excluding hydrogens is 271 g/mol. The van der Waals surface area contributed by atoms with Crippen LogP contribution in [0.2, 0.25) is 0 Å². The maximum atomic E-state index is 14.2. The molecule has 0 unspecified atom stereocenters. The van der Waals surface area contributed by atoms with Crippen molar-refractivity contribution in [2.24, 2.45) is 0 Å². The number of carboxylic acid groups (broad SMARTS) is 1. The molecule has 1 fully saturated rings. The lowest BCUT2D eigenvalue weighted by molar-refractivity contribution is -0.131. The van der Waals surface area contributed by atoms with Crippen LogP contribution >= 0.6 is 0 Å². The highest BCUT2D eigenvalue weighted by Gasteiger charge is 2.20. The van der Waals surface area contributed by atoms with Gasteiger partial charge in [-0.3, -0.25) is 4.90 Å². The molecule has 1 aliphatic heterocycles. The lowest BCUT2D eigenvalue weighted by Crippen LogP contribution is -2.49. The number of halogens is 1. The molecule has 0 bridgehead atoms. The number of hydrogen-bond donors (Lipinski definition) is 1. The molecular formula is C16H21FN2O2. The molecule has 1 saturated heterocycles. The second kappa shape index (κ2) is 6.72. The number of rotatable bonds is 4. The Morgan fingerprint density at radius 3 is 2.48 bits per heavy atom. The molecule has 21 heavy (non-hydrogen) atoms. The highest BCUT2D eigenvalue weighted by atomic mass is 19.1. The maximum absolute atomic E-state index is 14.2.